The highest BCUT2D eigenvalue weighted by atomic mass is 16.5. The van der Waals surface area contributed by atoms with Crippen LogP contribution in [-0.4, -0.2) is 30.5 Å². The van der Waals surface area contributed by atoms with Gasteiger partial charge in [0.15, 0.2) is 0 Å². The summed E-state index contributed by atoms with van der Waals surface area (Å²) < 4.78 is 5.74. The number of amides is 1. The topological polar surface area (TPSA) is 55.6 Å². The van der Waals surface area contributed by atoms with Crippen molar-refractivity contribution >= 4 is 5.91 Å². The van der Waals surface area contributed by atoms with E-state index in [2.05, 4.69) is 0 Å². The zero-order chi connectivity index (χ0) is 13.5. The number of hydrogen-bond donors (Lipinski definition) is 1. The highest BCUT2D eigenvalue weighted by Gasteiger charge is 2.16. The minimum atomic E-state index is 0.286. The molecule has 1 saturated heterocycles. The van der Waals surface area contributed by atoms with Crippen molar-refractivity contribution in [1.82, 2.24) is 4.90 Å². The number of benzene rings is 1. The van der Waals surface area contributed by atoms with Crippen LogP contribution >= 0.6 is 0 Å². The first-order valence-electron chi connectivity index (χ1n) is 7.00. The van der Waals surface area contributed by atoms with Crippen molar-refractivity contribution in [2.75, 3.05) is 19.7 Å². The quantitative estimate of drug-likeness (QED) is 0.797. The Hall–Kier alpha value is -1.55. The second-order valence-corrected chi connectivity index (χ2v) is 4.85. The van der Waals surface area contributed by atoms with Crippen LogP contribution in [0.4, 0.5) is 0 Å². The SMILES string of the molecule is NCc1ccccc1OCCCN1CCCCC1=O. The van der Waals surface area contributed by atoms with E-state index < -0.39 is 0 Å². The molecule has 2 rings (SSSR count). The Labute approximate surface area is 114 Å². The van der Waals surface area contributed by atoms with Gasteiger partial charge < -0.3 is 15.4 Å². The number of para-hydroxylation sites is 1. The van der Waals surface area contributed by atoms with Crippen LogP contribution in [-0.2, 0) is 11.3 Å². The maximum Gasteiger partial charge on any atom is 0.222 e. The van der Waals surface area contributed by atoms with Gasteiger partial charge in [-0.15, -0.1) is 0 Å². The fraction of sp³-hybridized carbons (Fsp3) is 0.533. The minimum absolute atomic E-state index is 0.286. The molecule has 1 aliphatic heterocycles. The van der Waals surface area contributed by atoms with Crippen LogP contribution < -0.4 is 10.5 Å². The van der Waals surface area contributed by atoms with Crippen molar-refractivity contribution in [2.24, 2.45) is 5.73 Å². The predicted molar refractivity (Wildman–Crippen MR) is 74.9 cm³/mol. The molecule has 0 aliphatic carbocycles. The molecule has 0 saturated carbocycles. The van der Waals surface area contributed by atoms with Gasteiger partial charge >= 0.3 is 0 Å². The molecule has 1 aliphatic rings. The predicted octanol–water partition coefficient (Wildman–Crippen LogP) is 1.93. The first-order chi connectivity index (χ1) is 9.31. The molecular formula is C15H22N2O2. The van der Waals surface area contributed by atoms with Crippen molar-refractivity contribution in [1.29, 1.82) is 0 Å². The largest absolute Gasteiger partial charge is 0.493 e. The molecule has 2 N–H and O–H groups in total. The van der Waals surface area contributed by atoms with Crippen LogP contribution in [0.5, 0.6) is 5.75 Å². The lowest BCUT2D eigenvalue weighted by Crippen LogP contribution is -2.36. The summed E-state index contributed by atoms with van der Waals surface area (Å²) in [6.45, 7) is 2.81. The van der Waals surface area contributed by atoms with Crippen LogP contribution in [0.3, 0.4) is 0 Å². The van der Waals surface area contributed by atoms with Crippen molar-refractivity contribution in [3.63, 3.8) is 0 Å². The third-order valence-corrected chi connectivity index (χ3v) is 3.44. The third kappa shape index (κ3) is 3.96. The number of nitrogens with zero attached hydrogens (tertiary/aromatic N) is 1. The van der Waals surface area contributed by atoms with Gasteiger partial charge in [-0.2, -0.15) is 0 Å². The Bertz CT molecular complexity index is 420. The zero-order valence-corrected chi connectivity index (χ0v) is 11.3. The van der Waals surface area contributed by atoms with Crippen molar-refractivity contribution in [3.05, 3.63) is 29.8 Å². The van der Waals surface area contributed by atoms with E-state index in [1.807, 2.05) is 29.2 Å². The Kier molecular flexibility index (Phi) is 5.21. The number of rotatable bonds is 6. The molecule has 4 nitrogen and oxygen atoms in total. The maximum absolute atomic E-state index is 11.6. The third-order valence-electron chi connectivity index (χ3n) is 3.44. The summed E-state index contributed by atoms with van der Waals surface area (Å²) in [4.78, 5) is 13.6. The zero-order valence-electron chi connectivity index (χ0n) is 11.3. The highest BCUT2D eigenvalue weighted by molar-refractivity contribution is 5.76. The molecule has 19 heavy (non-hydrogen) atoms. The maximum atomic E-state index is 11.6. The molecule has 0 spiro atoms. The summed E-state index contributed by atoms with van der Waals surface area (Å²) in [6.07, 6.45) is 3.74. The van der Waals surface area contributed by atoms with E-state index in [-0.39, 0.29) is 5.91 Å². The molecule has 4 heteroatoms. The molecular weight excluding hydrogens is 240 g/mol. The fourth-order valence-electron chi connectivity index (χ4n) is 2.35. The van der Waals surface area contributed by atoms with Gasteiger partial charge in [0, 0.05) is 31.6 Å². The number of carbonyl (C=O) groups is 1. The average molecular weight is 262 g/mol. The highest BCUT2D eigenvalue weighted by Crippen LogP contribution is 2.17. The summed E-state index contributed by atoms with van der Waals surface area (Å²) in [5.41, 5.74) is 6.68. The van der Waals surface area contributed by atoms with Gasteiger partial charge in [0.2, 0.25) is 5.91 Å². The average Bonchev–Trinajstić information content (AvgIpc) is 2.45. The Morgan fingerprint density at radius 1 is 1.26 bits per heavy atom. The van der Waals surface area contributed by atoms with E-state index in [0.717, 1.165) is 43.7 Å². The smallest absolute Gasteiger partial charge is 0.222 e. The second kappa shape index (κ2) is 7.14. The second-order valence-electron chi connectivity index (χ2n) is 4.85. The van der Waals surface area contributed by atoms with E-state index in [1.165, 1.54) is 0 Å². The van der Waals surface area contributed by atoms with Gasteiger partial charge in [-0.05, 0) is 25.3 Å². The van der Waals surface area contributed by atoms with Gasteiger partial charge in [-0.25, -0.2) is 0 Å². The summed E-state index contributed by atoms with van der Waals surface area (Å²) >= 11 is 0. The summed E-state index contributed by atoms with van der Waals surface area (Å²) in [6, 6.07) is 7.82. The molecule has 1 aromatic carbocycles. The molecule has 1 aromatic rings. The first-order valence-corrected chi connectivity index (χ1v) is 7.00. The fourth-order valence-corrected chi connectivity index (χ4v) is 2.35. The van der Waals surface area contributed by atoms with Crippen LogP contribution in [0, 0.1) is 0 Å². The van der Waals surface area contributed by atoms with Gasteiger partial charge in [0.05, 0.1) is 6.61 Å². The number of likely N-dealkylation sites (tertiary alicyclic amines) is 1. The summed E-state index contributed by atoms with van der Waals surface area (Å²) in [7, 11) is 0. The molecule has 104 valence electrons. The number of ether oxygens (including phenoxy) is 1. The normalized spacial score (nSPS) is 15.6. The van der Waals surface area contributed by atoms with E-state index in [0.29, 0.717) is 19.6 Å². The summed E-state index contributed by atoms with van der Waals surface area (Å²) in [5, 5.41) is 0. The number of piperidine rings is 1. The van der Waals surface area contributed by atoms with Crippen molar-refractivity contribution in [3.8, 4) is 5.75 Å². The molecule has 1 fully saturated rings. The van der Waals surface area contributed by atoms with Crippen LogP contribution in [0.15, 0.2) is 24.3 Å². The Balaban J connectivity index is 1.73. The lowest BCUT2D eigenvalue weighted by atomic mass is 10.1. The monoisotopic (exact) mass is 262 g/mol. The van der Waals surface area contributed by atoms with Gasteiger partial charge in [0.1, 0.15) is 5.75 Å². The van der Waals surface area contributed by atoms with Crippen LogP contribution in [0.2, 0.25) is 0 Å². The minimum Gasteiger partial charge on any atom is -0.493 e. The number of carbonyl (C=O) groups excluding carboxylic acids is 1. The van der Waals surface area contributed by atoms with Gasteiger partial charge in [-0.3, -0.25) is 4.79 Å². The van der Waals surface area contributed by atoms with E-state index in [4.69, 9.17) is 10.5 Å². The molecule has 0 aromatic heterocycles. The lowest BCUT2D eigenvalue weighted by Gasteiger charge is -2.26. The molecule has 0 bridgehead atoms. The van der Waals surface area contributed by atoms with Gasteiger partial charge in [-0.1, -0.05) is 18.2 Å². The Morgan fingerprint density at radius 2 is 2.11 bits per heavy atom. The Morgan fingerprint density at radius 3 is 2.89 bits per heavy atom. The standard InChI is InChI=1S/C15H22N2O2/c16-12-13-6-1-2-7-14(13)19-11-5-10-17-9-4-3-8-15(17)18/h1-2,6-7H,3-5,8-12,16H2. The molecule has 1 heterocycles. The lowest BCUT2D eigenvalue weighted by molar-refractivity contribution is -0.133. The molecule has 0 unspecified atom stereocenters. The summed E-state index contributed by atoms with van der Waals surface area (Å²) in [5.74, 6) is 1.14. The van der Waals surface area contributed by atoms with Gasteiger partial charge in [0.25, 0.3) is 0 Å². The number of nitrogens with two attached hydrogens (primary N) is 1. The first kappa shape index (κ1) is 13.9. The van der Waals surface area contributed by atoms with E-state index >= 15 is 0 Å². The van der Waals surface area contributed by atoms with Crippen LogP contribution in [0.25, 0.3) is 0 Å². The number of hydrogen-bond acceptors (Lipinski definition) is 3. The molecule has 0 atom stereocenters. The van der Waals surface area contributed by atoms with Crippen molar-refractivity contribution in [2.45, 2.75) is 32.2 Å². The van der Waals surface area contributed by atoms with Crippen LogP contribution in [0.1, 0.15) is 31.2 Å². The van der Waals surface area contributed by atoms with E-state index in [1.54, 1.807) is 0 Å². The molecule has 0 radical (unpaired) electrons. The van der Waals surface area contributed by atoms with Crippen molar-refractivity contribution < 1.29 is 9.53 Å². The van der Waals surface area contributed by atoms with E-state index in [9.17, 15) is 4.79 Å². The molecule has 1 amide bonds.